The molecule has 15 heavy (non-hydrogen) atoms. The number of amides is 1. The normalized spacial score (nSPS) is 10.2. The van der Waals surface area contributed by atoms with Crippen molar-refractivity contribution in [3.63, 3.8) is 0 Å². The zero-order chi connectivity index (χ0) is 10.8. The van der Waals surface area contributed by atoms with Crippen LogP contribution >= 0.6 is 11.3 Å². The summed E-state index contributed by atoms with van der Waals surface area (Å²) in [5, 5.41) is 2.98. The Bertz CT molecular complexity index is 505. The van der Waals surface area contributed by atoms with E-state index in [0.717, 1.165) is 16.3 Å². The molecular weight excluding hydrogens is 208 g/mol. The topological polar surface area (TPSA) is 56.0 Å². The van der Waals surface area contributed by atoms with Crippen LogP contribution in [0.15, 0.2) is 29.6 Å². The quantitative estimate of drug-likeness (QED) is 0.840. The highest BCUT2D eigenvalue weighted by Crippen LogP contribution is 2.22. The maximum atomic E-state index is 11.0. The Kier molecular flexibility index (Phi) is 2.51. The lowest BCUT2D eigenvalue weighted by Crippen LogP contribution is -2.10. The van der Waals surface area contributed by atoms with Gasteiger partial charge in [0.1, 0.15) is 0 Å². The Hall–Kier alpha value is -1.68. The molecule has 0 unspecified atom stereocenters. The van der Waals surface area contributed by atoms with Crippen molar-refractivity contribution in [2.75, 3.05) is 0 Å². The van der Waals surface area contributed by atoms with Crippen LogP contribution in [0.5, 0.6) is 0 Å². The van der Waals surface area contributed by atoms with Crippen LogP contribution in [0.2, 0.25) is 0 Å². The lowest BCUT2D eigenvalue weighted by molar-refractivity contribution is 0.100. The summed E-state index contributed by atoms with van der Waals surface area (Å²) >= 11 is 1.59. The van der Waals surface area contributed by atoms with Crippen LogP contribution in [0.4, 0.5) is 0 Å². The summed E-state index contributed by atoms with van der Waals surface area (Å²) in [7, 11) is 0. The Morgan fingerprint density at radius 3 is 2.87 bits per heavy atom. The van der Waals surface area contributed by atoms with Crippen molar-refractivity contribution in [1.29, 1.82) is 0 Å². The van der Waals surface area contributed by atoms with Crippen LogP contribution in [0.25, 0.3) is 11.3 Å². The molecule has 1 heterocycles. The molecule has 0 bridgehead atoms. The molecule has 2 aromatic rings. The number of primary amides is 1. The standard InChI is InChI=1S/C11H10N2OS/c1-7-13-10(6-15-7)8-3-2-4-9(5-8)11(12)14/h2-6H,1H3,(H2,12,14). The smallest absolute Gasteiger partial charge is 0.248 e. The first kappa shape index (κ1) is 9.86. The highest BCUT2D eigenvalue weighted by molar-refractivity contribution is 7.09. The van der Waals surface area contributed by atoms with Crippen molar-refractivity contribution in [3.05, 3.63) is 40.2 Å². The van der Waals surface area contributed by atoms with E-state index in [4.69, 9.17) is 5.73 Å². The summed E-state index contributed by atoms with van der Waals surface area (Å²) in [4.78, 5) is 15.3. The van der Waals surface area contributed by atoms with Crippen molar-refractivity contribution < 1.29 is 4.79 Å². The number of nitrogens with zero attached hydrogens (tertiary/aromatic N) is 1. The van der Waals surface area contributed by atoms with Crippen LogP contribution in [0.3, 0.4) is 0 Å². The first-order valence-electron chi connectivity index (χ1n) is 4.49. The summed E-state index contributed by atoms with van der Waals surface area (Å²) in [6.45, 7) is 1.95. The van der Waals surface area contributed by atoms with Gasteiger partial charge in [0, 0.05) is 16.5 Å². The number of aryl methyl sites for hydroxylation is 1. The van der Waals surface area contributed by atoms with E-state index in [1.807, 2.05) is 24.4 Å². The maximum Gasteiger partial charge on any atom is 0.248 e. The zero-order valence-electron chi connectivity index (χ0n) is 8.23. The van der Waals surface area contributed by atoms with Crippen LogP contribution < -0.4 is 5.73 Å². The lowest BCUT2D eigenvalue weighted by atomic mass is 10.1. The van der Waals surface area contributed by atoms with Gasteiger partial charge in [-0.3, -0.25) is 4.79 Å². The van der Waals surface area contributed by atoms with Gasteiger partial charge in [-0.05, 0) is 19.1 Å². The first-order valence-corrected chi connectivity index (χ1v) is 5.37. The maximum absolute atomic E-state index is 11.0. The molecule has 76 valence electrons. The number of carbonyl (C=O) groups excluding carboxylic acids is 1. The number of hydrogen-bond donors (Lipinski definition) is 1. The molecule has 3 nitrogen and oxygen atoms in total. The van der Waals surface area contributed by atoms with Crippen LogP contribution in [-0.2, 0) is 0 Å². The molecule has 0 aliphatic rings. The van der Waals surface area contributed by atoms with Gasteiger partial charge in [0.15, 0.2) is 0 Å². The van der Waals surface area contributed by atoms with E-state index in [9.17, 15) is 4.79 Å². The van der Waals surface area contributed by atoms with Crippen molar-refractivity contribution in [2.45, 2.75) is 6.92 Å². The molecule has 0 saturated heterocycles. The van der Waals surface area contributed by atoms with E-state index in [0.29, 0.717) is 5.56 Å². The molecule has 2 N–H and O–H groups in total. The number of thiazole rings is 1. The summed E-state index contributed by atoms with van der Waals surface area (Å²) in [6.07, 6.45) is 0. The van der Waals surface area contributed by atoms with E-state index in [1.165, 1.54) is 0 Å². The second-order valence-corrected chi connectivity index (χ2v) is 4.26. The molecule has 0 radical (unpaired) electrons. The minimum Gasteiger partial charge on any atom is -0.366 e. The van der Waals surface area contributed by atoms with Gasteiger partial charge in [-0.15, -0.1) is 11.3 Å². The van der Waals surface area contributed by atoms with Gasteiger partial charge in [0.25, 0.3) is 0 Å². The molecule has 0 atom stereocenters. The van der Waals surface area contributed by atoms with Crippen molar-refractivity contribution in [3.8, 4) is 11.3 Å². The summed E-state index contributed by atoms with van der Waals surface area (Å²) in [6, 6.07) is 7.19. The van der Waals surface area contributed by atoms with E-state index in [-0.39, 0.29) is 0 Å². The van der Waals surface area contributed by atoms with Gasteiger partial charge in [-0.25, -0.2) is 4.98 Å². The van der Waals surface area contributed by atoms with Crippen molar-refractivity contribution in [2.24, 2.45) is 5.73 Å². The third kappa shape index (κ3) is 2.05. The average Bonchev–Trinajstić information content (AvgIpc) is 2.65. The number of benzene rings is 1. The molecule has 1 aromatic heterocycles. The van der Waals surface area contributed by atoms with Gasteiger partial charge < -0.3 is 5.73 Å². The number of aromatic nitrogens is 1. The highest BCUT2D eigenvalue weighted by Gasteiger charge is 2.05. The summed E-state index contributed by atoms with van der Waals surface area (Å²) in [5.74, 6) is -0.413. The molecular formula is C11H10N2OS. The Morgan fingerprint density at radius 2 is 2.27 bits per heavy atom. The molecule has 0 spiro atoms. The average molecular weight is 218 g/mol. The Balaban J connectivity index is 2.45. The fourth-order valence-corrected chi connectivity index (χ4v) is 1.95. The van der Waals surface area contributed by atoms with Crippen molar-refractivity contribution >= 4 is 17.2 Å². The van der Waals surface area contributed by atoms with Gasteiger partial charge in [-0.1, -0.05) is 12.1 Å². The molecule has 0 aliphatic heterocycles. The minimum absolute atomic E-state index is 0.413. The number of carbonyl (C=O) groups is 1. The SMILES string of the molecule is Cc1nc(-c2cccc(C(N)=O)c2)cs1. The second kappa shape index (κ2) is 3.82. The van der Waals surface area contributed by atoms with Crippen LogP contribution in [0, 0.1) is 6.92 Å². The lowest BCUT2D eigenvalue weighted by Gasteiger charge is -1.99. The fraction of sp³-hybridized carbons (Fsp3) is 0.0909. The highest BCUT2D eigenvalue weighted by atomic mass is 32.1. The summed E-state index contributed by atoms with van der Waals surface area (Å²) < 4.78 is 0. The molecule has 0 fully saturated rings. The zero-order valence-corrected chi connectivity index (χ0v) is 9.04. The van der Waals surface area contributed by atoms with E-state index >= 15 is 0 Å². The monoisotopic (exact) mass is 218 g/mol. The number of rotatable bonds is 2. The van der Waals surface area contributed by atoms with Gasteiger partial charge in [0.05, 0.1) is 10.7 Å². The van der Waals surface area contributed by atoms with E-state index in [2.05, 4.69) is 4.98 Å². The Labute approximate surface area is 91.6 Å². The first-order chi connectivity index (χ1) is 7.16. The molecule has 0 aliphatic carbocycles. The molecule has 4 heteroatoms. The van der Waals surface area contributed by atoms with Gasteiger partial charge >= 0.3 is 0 Å². The fourth-order valence-electron chi connectivity index (χ4n) is 1.33. The molecule has 1 amide bonds. The molecule has 1 aromatic carbocycles. The third-order valence-electron chi connectivity index (χ3n) is 2.06. The van der Waals surface area contributed by atoms with Crippen LogP contribution in [-0.4, -0.2) is 10.9 Å². The number of hydrogen-bond acceptors (Lipinski definition) is 3. The van der Waals surface area contributed by atoms with E-state index < -0.39 is 5.91 Å². The summed E-state index contributed by atoms with van der Waals surface area (Å²) in [5.41, 5.74) is 7.54. The van der Waals surface area contributed by atoms with E-state index in [1.54, 1.807) is 23.5 Å². The Morgan fingerprint density at radius 1 is 1.47 bits per heavy atom. The third-order valence-corrected chi connectivity index (χ3v) is 2.84. The minimum atomic E-state index is -0.413. The van der Waals surface area contributed by atoms with Gasteiger partial charge in [0.2, 0.25) is 5.91 Å². The second-order valence-electron chi connectivity index (χ2n) is 3.20. The molecule has 2 rings (SSSR count). The van der Waals surface area contributed by atoms with Crippen LogP contribution in [0.1, 0.15) is 15.4 Å². The largest absolute Gasteiger partial charge is 0.366 e. The molecule has 0 saturated carbocycles. The predicted molar refractivity (Wildman–Crippen MR) is 60.8 cm³/mol. The predicted octanol–water partition coefficient (Wildman–Crippen LogP) is 2.22. The van der Waals surface area contributed by atoms with Gasteiger partial charge in [-0.2, -0.15) is 0 Å². The van der Waals surface area contributed by atoms with Crippen molar-refractivity contribution in [1.82, 2.24) is 4.98 Å². The number of nitrogens with two attached hydrogens (primary N) is 1.